The maximum absolute atomic E-state index is 13.7. The first-order valence-electron chi connectivity index (χ1n) is 5.47. The number of alkyl halides is 5. The van der Waals surface area contributed by atoms with Crippen molar-refractivity contribution in [1.82, 2.24) is 0 Å². The topological polar surface area (TPSA) is 59.3 Å². The van der Waals surface area contributed by atoms with Gasteiger partial charge in [-0.3, -0.25) is 0 Å². The van der Waals surface area contributed by atoms with Crippen LogP contribution in [0.3, 0.4) is 0 Å². The zero-order valence-corrected chi connectivity index (χ0v) is 10.5. The van der Waals surface area contributed by atoms with Crippen molar-refractivity contribution in [2.75, 3.05) is 6.61 Å². The molecular formula is C12H8F5NO3. The Morgan fingerprint density at radius 3 is 2.38 bits per heavy atom. The fourth-order valence-corrected chi connectivity index (χ4v) is 1.36. The molecule has 1 rings (SSSR count). The van der Waals surface area contributed by atoms with Crippen LogP contribution in [0.1, 0.15) is 18.1 Å². The molecule has 0 atom stereocenters. The molecule has 0 unspecified atom stereocenters. The maximum Gasteiger partial charge on any atom is 0.573 e. The fourth-order valence-electron chi connectivity index (χ4n) is 1.36. The summed E-state index contributed by atoms with van der Waals surface area (Å²) in [6.45, 7) is 0.974. The van der Waals surface area contributed by atoms with E-state index in [4.69, 9.17) is 5.26 Å². The first-order chi connectivity index (χ1) is 9.61. The second-order valence-corrected chi connectivity index (χ2v) is 3.67. The maximum atomic E-state index is 13.7. The molecule has 0 saturated heterocycles. The highest BCUT2D eigenvalue weighted by molar-refractivity contribution is 5.79. The number of esters is 1. The highest BCUT2D eigenvalue weighted by Crippen LogP contribution is 2.35. The highest BCUT2D eigenvalue weighted by Gasteiger charge is 2.43. The minimum atomic E-state index is -5.16. The summed E-state index contributed by atoms with van der Waals surface area (Å²) < 4.78 is 71.5. The molecule has 0 bridgehead atoms. The van der Waals surface area contributed by atoms with E-state index >= 15 is 0 Å². The van der Waals surface area contributed by atoms with Gasteiger partial charge in [0.2, 0.25) is 0 Å². The van der Waals surface area contributed by atoms with Gasteiger partial charge in [-0.25, -0.2) is 4.79 Å². The molecule has 9 heteroatoms. The summed E-state index contributed by atoms with van der Waals surface area (Å²) in [6.07, 6.45) is -5.16. The lowest BCUT2D eigenvalue weighted by Crippen LogP contribution is -2.28. The van der Waals surface area contributed by atoms with Crippen LogP contribution >= 0.6 is 0 Å². The number of halogens is 5. The first-order valence-corrected chi connectivity index (χ1v) is 5.47. The van der Waals surface area contributed by atoms with E-state index in [1.165, 1.54) is 13.0 Å². The minimum Gasteiger partial charge on any atom is -0.461 e. The van der Waals surface area contributed by atoms with Crippen molar-refractivity contribution in [3.8, 4) is 11.8 Å². The highest BCUT2D eigenvalue weighted by atomic mass is 19.4. The Morgan fingerprint density at radius 2 is 1.90 bits per heavy atom. The van der Waals surface area contributed by atoms with Crippen LogP contribution in [0.5, 0.6) is 5.75 Å². The monoisotopic (exact) mass is 309 g/mol. The van der Waals surface area contributed by atoms with Gasteiger partial charge in [0.15, 0.2) is 0 Å². The Balaban J connectivity index is 3.25. The smallest absolute Gasteiger partial charge is 0.461 e. The third-order valence-corrected chi connectivity index (χ3v) is 2.22. The van der Waals surface area contributed by atoms with Gasteiger partial charge in [0, 0.05) is 5.56 Å². The second kappa shape index (κ2) is 5.95. The predicted octanol–water partition coefficient (Wildman–Crippen LogP) is 3.11. The summed E-state index contributed by atoms with van der Waals surface area (Å²) in [7, 11) is 0. The molecule has 0 aromatic heterocycles. The van der Waals surface area contributed by atoms with Crippen LogP contribution in [-0.4, -0.2) is 18.9 Å². The molecule has 0 aliphatic heterocycles. The van der Waals surface area contributed by atoms with Gasteiger partial charge in [0.1, 0.15) is 11.8 Å². The molecule has 0 amide bonds. The summed E-state index contributed by atoms with van der Waals surface area (Å²) in [4.78, 5) is 11.1. The van der Waals surface area contributed by atoms with Crippen LogP contribution in [-0.2, 0) is 15.5 Å². The van der Waals surface area contributed by atoms with Crippen molar-refractivity contribution in [1.29, 1.82) is 5.26 Å². The van der Waals surface area contributed by atoms with Crippen LogP contribution in [0.4, 0.5) is 22.0 Å². The van der Waals surface area contributed by atoms with Gasteiger partial charge in [-0.1, -0.05) is 6.07 Å². The molecule has 0 fully saturated rings. The Morgan fingerprint density at radius 1 is 1.29 bits per heavy atom. The molecule has 1 aromatic rings. The second-order valence-electron chi connectivity index (χ2n) is 3.67. The molecule has 0 heterocycles. The van der Waals surface area contributed by atoms with Crippen LogP contribution < -0.4 is 4.74 Å². The summed E-state index contributed by atoms with van der Waals surface area (Å²) in [5.41, 5.74) is -1.67. The standard InChI is InChI=1S/C12H8F5NO3/c1-2-20-10(19)11(13,14)8-4-3-7(6-18)9(5-8)21-12(15,16)17/h3-5H,2H2,1H3. The Hall–Kier alpha value is -2.37. The van der Waals surface area contributed by atoms with E-state index in [0.29, 0.717) is 12.1 Å². The number of benzene rings is 1. The number of nitriles is 1. The summed E-state index contributed by atoms with van der Waals surface area (Å²) in [5.74, 6) is -7.19. The number of hydrogen-bond acceptors (Lipinski definition) is 4. The van der Waals surface area contributed by atoms with Crippen LogP contribution in [0.25, 0.3) is 0 Å². The number of hydrogen-bond donors (Lipinski definition) is 0. The summed E-state index contributed by atoms with van der Waals surface area (Å²) in [5, 5.41) is 8.63. The number of nitrogens with zero attached hydrogens (tertiary/aromatic N) is 1. The minimum absolute atomic E-state index is 0.281. The lowest BCUT2D eigenvalue weighted by atomic mass is 10.1. The van der Waals surface area contributed by atoms with Crippen LogP contribution in [0.2, 0.25) is 0 Å². The molecule has 0 radical (unpaired) electrons. The number of ether oxygens (including phenoxy) is 2. The van der Waals surface area contributed by atoms with Crippen molar-refractivity contribution in [3.05, 3.63) is 29.3 Å². The molecule has 4 nitrogen and oxygen atoms in total. The Labute approximate surface area is 115 Å². The van der Waals surface area contributed by atoms with Gasteiger partial charge in [0.05, 0.1) is 12.2 Å². The van der Waals surface area contributed by atoms with Gasteiger partial charge in [-0.2, -0.15) is 14.0 Å². The quantitative estimate of drug-likeness (QED) is 0.633. The molecule has 0 spiro atoms. The average Bonchev–Trinajstić information content (AvgIpc) is 2.37. The normalized spacial score (nSPS) is 11.7. The van der Waals surface area contributed by atoms with Crippen molar-refractivity contribution < 1.29 is 36.2 Å². The van der Waals surface area contributed by atoms with Crippen molar-refractivity contribution >= 4 is 5.97 Å². The number of carbonyl (C=O) groups is 1. The first kappa shape index (κ1) is 16.7. The molecule has 0 aliphatic carbocycles. The van der Waals surface area contributed by atoms with Crippen LogP contribution in [0, 0.1) is 11.3 Å². The van der Waals surface area contributed by atoms with E-state index in [1.807, 2.05) is 0 Å². The largest absolute Gasteiger partial charge is 0.573 e. The van der Waals surface area contributed by atoms with Crippen molar-refractivity contribution in [2.45, 2.75) is 19.2 Å². The summed E-state index contributed by atoms with van der Waals surface area (Å²) >= 11 is 0. The lowest BCUT2D eigenvalue weighted by molar-refractivity contribution is -0.274. The molecule has 0 N–H and O–H groups in total. The third-order valence-electron chi connectivity index (χ3n) is 2.22. The third kappa shape index (κ3) is 4.05. The Kier molecular flexibility index (Phi) is 4.73. The van der Waals surface area contributed by atoms with E-state index in [-0.39, 0.29) is 12.7 Å². The lowest BCUT2D eigenvalue weighted by Gasteiger charge is -2.17. The fraction of sp³-hybridized carbons (Fsp3) is 0.333. The van der Waals surface area contributed by atoms with E-state index in [0.717, 1.165) is 0 Å². The average molecular weight is 309 g/mol. The van der Waals surface area contributed by atoms with Crippen molar-refractivity contribution in [2.24, 2.45) is 0 Å². The molecular weight excluding hydrogens is 301 g/mol. The molecule has 114 valence electrons. The molecule has 1 aromatic carbocycles. The van der Waals surface area contributed by atoms with Gasteiger partial charge < -0.3 is 9.47 Å². The predicted molar refractivity (Wildman–Crippen MR) is 58.4 cm³/mol. The molecule has 0 aliphatic rings. The van der Waals surface area contributed by atoms with E-state index in [2.05, 4.69) is 9.47 Å². The van der Waals surface area contributed by atoms with Gasteiger partial charge >= 0.3 is 18.3 Å². The number of rotatable bonds is 4. The van der Waals surface area contributed by atoms with Gasteiger partial charge in [-0.15, -0.1) is 13.2 Å². The van der Waals surface area contributed by atoms with E-state index in [9.17, 15) is 26.7 Å². The summed E-state index contributed by atoms with van der Waals surface area (Å²) in [6, 6.07) is 3.00. The Bertz CT molecular complexity index is 577. The van der Waals surface area contributed by atoms with Crippen molar-refractivity contribution in [3.63, 3.8) is 0 Å². The van der Waals surface area contributed by atoms with E-state index < -0.39 is 35.1 Å². The zero-order valence-electron chi connectivity index (χ0n) is 10.5. The van der Waals surface area contributed by atoms with Gasteiger partial charge in [0.25, 0.3) is 0 Å². The van der Waals surface area contributed by atoms with Crippen LogP contribution in [0.15, 0.2) is 18.2 Å². The number of carbonyl (C=O) groups excluding carboxylic acids is 1. The zero-order chi connectivity index (χ0) is 16.3. The van der Waals surface area contributed by atoms with Gasteiger partial charge in [-0.05, 0) is 19.1 Å². The SMILES string of the molecule is CCOC(=O)C(F)(F)c1ccc(C#N)c(OC(F)(F)F)c1. The molecule has 0 saturated carbocycles. The molecule has 21 heavy (non-hydrogen) atoms. The van der Waals surface area contributed by atoms with E-state index in [1.54, 1.807) is 0 Å².